The number of ether oxygens (including phenoxy) is 3. The standard InChI is InChI=1S/C17H25N6O9PS/c1-9-7-23(17(27)19-15(9)25)13-6-11(20-22-18)12(32-13)8-31-33(28,34)21-10(16(26)30-3)4-5-14(24)29-2/h7,10-13H,4-6,8H2,1-3H3,(H,19,25,27)(H2,21,28,34)/t10?,11-,12+,13+,33?/m0/s1. The van der Waals surface area contributed by atoms with Crippen LogP contribution in [0, 0.1) is 6.92 Å². The fraction of sp³-hybridized carbons (Fsp3) is 0.647. The number of nitrogens with one attached hydrogen (secondary N) is 2. The molecular formula is C17H25N6O9PS. The number of carbonyl (C=O) groups excluding carboxylic acids is 2. The number of azide groups is 1. The summed E-state index contributed by atoms with van der Waals surface area (Å²) in [5.41, 5.74) is 7.91. The zero-order chi connectivity index (χ0) is 25.5. The molecule has 0 bridgehead atoms. The van der Waals surface area contributed by atoms with Gasteiger partial charge in [0.05, 0.1) is 33.0 Å². The molecule has 2 rings (SSSR count). The average molecular weight is 520 g/mol. The first-order valence-corrected chi connectivity index (χ1v) is 12.6. The second-order valence-electron chi connectivity index (χ2n) is 7.25. The molecule has 0 aromatic carbocycles. The van der Waals surface area contributed by atoms with Gasteiger partial charge in [-0.2, -0.15) is 0 Å². The van der Waals surface area contributed by atoms with Crippen molar-refractivity contribution in [3.8, 4) is 0 Å². The van der Waals surface area contributed by atoms with Crippen LogP contribution in [0.4, 0.5) is 0 Å². The van der Waals surface area contributed by atoms with Crippen LogP contribution in [0.2, 0.25) is 0 Å². The van der Waals surface area contributed by atoms with Crippen molar-refractivity contribution in [3.05, 3.63) is 43.0 Å². The van der Waals surface area contributed by atoms with Crippen LogP contribution in [-0.2, 0) is 40.1 Å². The van der Waals surface area contributed by atoms with E-state index >= 15 is 0 Å². The number of rotatable bonds is 11. The molecule has 1 aromatic rings. The lowest BCUT2D eigenvalue weighted by atomic mass is 10.1. The minimum absolute atomic E-state index is 0.0700. The van der Waals surface area contributed by atoms with Gasteiger partial charge < -0.3 is 23.6 Å². The summed E-state index contributed by atoms with van der Waals surface area (Å²) in [6, 6.07) is -1.92. The maximum atomic E-state index is 12.2. The van der Waals surface area contributed by atoms with Gasteiger partial charge in [-0.15, -0.1) is 0 Å². The van der Waals surface area contributed by atoms with E-state index in [4.69, 9.17) is 26.6 Å². The van der Waals surface area contributed by atoms with Gasteiger partial charge in [-0.1, -0.05) is 5.11 Å². The second kappa shape index (κ2) is 12.2. The molecular weight excluding hydrogens is 495 g/mol. The Labute approximate surface area is 198 Å². The average Bonchev–Trinajstić information content (AvgIpc) is 3.19. The fourth-order valence-corrected chi connectivity index (χ4v) is 4.79. The number of hydrogen-bond donors (Lipinski definition) is 3. The fourth-order valence-electron chi connectivity index (χ4n) is 3.17. The third kappa shape index (κ3) is 7.46. The summed E-state index contributed by atoms with van der Waals surface area (Å²) in [7, 11) is 2.33. The van der Waals surface area contributed by atoms with Crippen molar-refractivity contribution >= 4 is 30.4 Å². The minimum Gasteiger partial charge on any atom is -0.469 e. The molecule has 15 nitrogen and oxygen atoms in total. The summed E-state index contributed by atoms with van der Waals surface area (Å²) < 4.78 is 21.5. The first-order valence-electron chi connectivity index (χ1n) is 9.92. The Kier molecular flexibility index (Phi) is 9.94. The number of aromatic nitrogens is 2. The Bertz CT molecular complexity index is 1120. The Morgan fingerprint density at radius 2 is 2.18 bits per heavy atom. The van der Waals surface area contributed by atoms with Crippen LogP contribution in [-0.4, -0.2) is 65.4 Å². The summed E-state index contributed by atoms with van der Waals surface area (Å²) in [5, 5.41) is 6.13. The molecule has 0 radical (unpaired) electrons. The summed E-state index contributed by atoms with van der Waals surface area (Å²) >= 11 is 5.06. The minimum atomic E-state index is -3.80. The van der Waals surface area contributed by atoms with E-state index in [9.17, 15) is 24.1 Å². The lowest BCUT2D eigenvalue weighted by Gasteiger charge is -2.24. The normalized spacial score (nSPS) is 22.3. The van der Waals surface area contributed by atoms with Gasteiger partial charge in [0.1, 0.15) is 12.3 Å². The highest BCUT2D eigenvalue weighted by Crippen LogP contribution is 2.41. The Balaban J connectivity index is 2.10. The van der Waals surface area contributed by atoms with E-state index in [1.165, 1.54) is 20.2 Å². The number of H-pyrrole nitrogens is 1. The number of methoxy groups -OCH3 is 2. The summed E-state index contributed by atoms with van der Waals surface area (Å²) in [4.78, 5) is 62.6. The van der Waals surface area contributed by atoms with Crippen molar-refractivity contribution in [1.82, 2.24) is 14.6 Å². The SMILES string of the molecule is COC(=O)CCC(NP(O)(=S)OC[C@H]1O[C@@H](n2cc(C)c(=O)[nH]c2=O)C[C@@H]1N=[N+]=[N-])C(=O)OC. The molecule has 0 saturated carbocycles. The zero-order valence-electron chi connectivity index (χ0n) is 18.6. The molecule has 0 aliphatic carbocycles. The number of nitrogens with zero attached hydrogens (tertiary/aromatic N) is 4. The van der Waals surface area contributed by atoms with Gasteiger partial charge in [0.15, 0.2) is 0 Å². The van der Waals surface area contributed by atoms with Crippen LogP contribution >= 0.6 is 6.64 Å². The van der Waals surface area contributed by atoms with Gasteiger partial charge in [-0.3, -0.25) is 23.9 Å². The maximum absolute atomic E-state index is 12.2. The van der Waals surface area contributed by atoms with Crippen molar-refractivity contribution in [1.29, 1.82) is 0 Å². The van der Waals surface area contributed by atoms with Crippen LogP contribution in [0.25, 0.3) is 10.4 Å². The second-order valence-corrected chi connectivity index (χ2v) is 10.3. The highest BCUT2D eigenvalue weighted by molar-refractivity contribution is 8.08. The van der Waals surface area contributed by atoms with Crippen molar-refractivity contribution in [2.75, 3.05) is 20.8 Å². The number of carbonyl (C=O) groups is 2. The molecule has 0 amide bonds. The Morgan fingerprint density at radius 1 is 1.47 bits per heavy atom. The third-order valence-corrected chi connectivity index (χ3v) is 6.71. The zero-order valence-corrected chi connectivity index (χ0v) is 20.3. The lowest BCUT2D eigenvalue weighted by Crippen LogP contribution is -2.37. The molecule has 1 fully saturated rings. The monoisotopic (exact) mass is 520 g/mol. The van der Waals surface area contributed by atoms with Gasteiger partial charge in [-0.25, -0.2) is 9.88 Å². The topological polar surface area (TPSA) is 207 Å². The molecule has 1 saturated heterocycles. The van der Waals surface area contributed by atoms with Gasteiger partial charge in [0.2, 0.25) is 0 Å². The maximum Gasteiger partial charge on any atom is 0.330 e. The van der Waals surface area contributed by atoms with Crippen LogP contribution < -0.4 is 16.3 Å². The largest absolute Gasteiger partial charge is 0.469 e. The predicted molar refractivity (Wildman–Crippen MR) is 120 cm³/mol. The predicted octanol–water partition coefficient (Wildman–Crippen LogP) is 0.129. The number of aromatic amines is 1. The van der Waals surface area contributed by atoms with Crippen molar-refractivity contribution < 1.29 is 33.2 Å². The molecule has 2 heterocycles. The van der Waals surface area contributed by atoms with E-state index in [2.05, 4.69) is 29.6 Å². The molecule has 3 N–H and O–H groups in total. The molecule has 188 valence electrons. The number of aryl methyl sites for hydroxylation is 1. The molecule has 17 heteroatoms. The van der Waals surface area contributed by atoms with Gasteiger partial charge in [0.25, 0.3) is 12.2 Å². The first-order chi connectivity index (χ1) is 16.0. The van der Waals surface area contributed by atoms with Crippen molar-refractivity contribution in [3.63, 3.8) is 0 Å². The Morgan fingerprint density at radius 3 is 2.79 bits per heavy atom. The molecule has 1 aromatic heterocycles. The highest BCUT2D eigenvalue weighted by atomic mass is 32.5. The number of esters is 2. The van der Waals surface area contributed by atoms with Crippen LogP contribution in [0.1, 0.15) is 31.1 Å². The summed E-state index contributed by atoms with van der Waals surface area (Å²) in [5.74, 6) is -1.34. The lowest BCUT2D eigenvalue weighted by molar-refractivity contribution is -0.144. The van der Waals surface area contributed by atoms with Crippen LogP contribution in [0.15, 0.2) is 20.9 Å². The van der Waals surface area contributed by atoms with E-state index < -0.39 is 54.2 Å². The summed E-state index contributed by atoms with van der Waals surface area (Å²) in [6.45, 7) is -2.63. The quantitative estimate of drug-likeness (QED) is 0.117. The van der Waals surface area contributed by atoms with Crippen molar-refractivity contribution in [2.24, 2.45) is 5.11 Å². The van der Waals surface area contributed by atoms with Crippen LogP contribution in [0.5, 0.6) is 0 Å². The number of hydrogen-bond acceptors (Lipinski definition) is 10. The van der Waals surface area contributed by atoms with E-state index in [-0.39, 0.29) is 31.4 Å². The van der Waals surface area contributed by atoms with Crippen molar-refractivity contribution in [2.45, 2.75) is 50.6 Å². The highest BCUT2D eigenvalue weighted by Gasteiger charge is 2.38. The smallest absolute Gasteiger partial charge is 0.330 e. The summed E-state index contributed by atoms with van der Waals surface area (Å²) in [6.07, 6.45) is -0.572. The third-order valence-electron chi connectivity index (χ3n) is 4.94. The Hall–Kier alpha value is -2.58. The van der Waals surface area contributed by atoms with Crippen LogP contribution in [0.3, 0.4) is 0 Å². The molecule has 5 atom stereocenters. The molecule has 2 unspecified atom stereocenters. The molecule has 34 heavy (non-hydrogen) atoms. The van der Waals surface area contributed by atoms with E-state index in [1.54, 1.807) is 0 Å². The molecule has 1 aliphatic rings. The van der Waals surface area contributed by atoms with Gasteiger partial charge in [0, 0.05) is 29.5 Å². The van der Waals surface area contributed by atoms with E-state index in [1.807, 2.05) is 0 Å². The molecule has 0 spiro atoms. The molecule has 1 aliphatic heterocycles. The van der Waals surface area contributed by atoms with E-state index in [0.717, 1.165) is 11.7 Å². The van der Waals surface area contributed by atoms with Gasteiger partial charge in [-0.05, 0) is 30.7 Å². The van der Waals surface area contributed by atoms with E-state index in [0.29, 0.717) is 0 Å². The first kappa shape index (κ1) is 27.7. The van der Waals surface area contributed by atoms with Gasteiger partial charge >= 0.3 is 17.6 Å².